The fourth-order valence-corrected chi connectivity index (χ4v) is 2.62. The van der Waals surface area contributed by atoms with Gasteiger partial charge in [-0.25, -0.2) is 4.79 Å². The molecule has 126 valence electrons. The van der Waals surface area contributed by atoms with Gasteiger partial charge in [-0.3, -0.25) is 4.79 Å². The molecule has 1 N–H and O–H groups in total. The maximum absolute atomic E-state index is 12.1. The zero-order valence-electron chi connectivity index (χ0n) is 14.0. The highest BCUT2D eigenvalue weighted by atomic mass is 32.1. The number of ether oxygens (including phenoxy) is 1. The number of rotatable bonds is 6. The number of hydrogen-bond donors (Lipinski definition) is 1. The Morgan fingerprint density at radius 3 is 2.42 bits per heavy atom. The number of benzene rings is 1. The Kier molecular flexibility index (Phi) is 6.32. The van der Waals surface area contributed by atoms with E-state index in [4.69, 9.17) is 4.74 Å². The van der Waals surface area contributed by atoms with Crippen LogP contribution in [0.3, 0.4) is 0 Å². The first-order chi connectivity index (χ1) is 11.5. The van der Waals surface area contributed by atoms with Crippen molar-refractivity contribution in [3.63, 3.8) is 0 Å². The van der Waals surface area contributed by atoms with Gasteiger partial charge in [0.25, 0.3) is 5.91 Å². The van der Waals surface area contributed by atoms with E-state index in [2.05, 4.69) is 19.2 Å². The van der Waals surface area contributed by atoms with E-state index >= 15 is 0 Å². The quantitative estimate of drug-likeness (QED) is 0.622. The van der Waals surface area contributed by atoms with Gasteiger partial charge in [-0.1, -0.05) is 26.0 Å². The molecule has 24 heavy (non-hydrogen) atoms. The second-order valence-corrected chi connectivity index (χ2v) is 6.52. The predicted molar refractivity (Wildman–Crippen MR) is 98.1 cm³/mol. The molecule has 0 spiro atoms. The summed E-state index contributed by atoms with van der Waals surface area (Å²) in [6, 6.07) is 9.53. The molecule has 0 aliphatic heterocycles. The number of carbonyl (C=O) groups excluding carboxylic acids is 2. The largest absolute Gasteiger partial charge is 0.449 e. The summed E-state index contributed by atoms with van der Waals surface area (Å²) < 4.78 is 5.11. The normalized spacial score (nSPS) is 12.3. The summed E-state index contributed by atoms with van der Waals surface area (Å²) in [4.78, 5) is 23.8. The Morgan fingerprint density at radius 1 is 1.12 bits per heavy atom. The zero-order valence-corrected chi connectivity index (χ0v) is 14.8. The van der Waals surface area contributed by atoms with E-state index in [0.717, 1.165) is 5.56 Å². The molecule has 2 rings (SSSR count). The molecule has 0 saturated heterocycles. The van der Waals surface area contributed by atoms with Crippen LogP contribution < -0.4 is 5.32 Å². The van der Waals surface area contributed by atoms with E-state index in [-0.39, 0.29) is 5.91 Å². The van der Waals surface area contributed by atoms with Gasteiger partial charge in [0.15, 0.2) is 6.10 Å². The highest BCUT2D eigenvalue weighted by molar-refractivity contribution is 7.08. The number of thiophene rings is 1. The van der Waals surface area contributed by atoms with Crippen molar-refractivity contribution in [3.8, 4) is 0 Å². The third-order valence-electron chi connectivity index (χ3n) is 3.46. The van der Waals surface area contributed by atoms with Gasteiger partial charge in [-0.15, -0.1) is 0 Å². The standard InChI is InChI=1S/C19H21NO3S/c1-13(2)16-5-7-17(8-6-16)20-19(22)14(3)23-18(21)9-4-15-10-11-24-12-15/h4-14H,1-3H3,(H,20,22)/b9-4+/t14-/m1/s1. The summed E-state index contributed by atoms with van der Waals surface area (Å²) in [5.74, 6) is -0.465. The first kappa shape index (κ1) is 17.9. The first-order valence-electron chi connectivity index (χ1n) is 7.77. The minimum absolute atomic E-state index is 0.357. The Hall–Kier alpha value is -2.40. The number of carbonyl (C=O) groups is 2. The number of hydrogen-bond acceptors (Lipinski definition) is 4. The molecule has 1 aromatic carbocycles. The van der Waals surface area contributed by atoms with E-state index in [1.54, 1.807) is 24.3 Å². The van der Waals surface area contributed by atoms with Gasteiger partial charge < -0.3 is 10.1 Å². The Bertz CT molecular complexity index is 703. The van der Waals surface area contributed by atoms with Crippen LogP contribution in [0.1, 0.15) is 37.8 Å². The molecule has 2 aromatic rings. The maximum Gasteiger partial charge on any atom is 0.331 e. The van der Waals surface area contributed by atoms with Gasteiger partial charge >= 0.3 is 5.97 Å². The smallest absolute Gasteiger partial charge is 0.331 e. The van der Waals surface area contributed by atoms with E-state index in [1.165, 1.54) is 11.6 Å². The number of esters is 1. The number of amides is 1. The third-order valence-corrected chi connectivity index (χ3v) is 4.16. The van der Waals surface area contributed by atoms with Gasteiger partial charge in [0.05, 0.1) is 0 Å². The molecule has 0 saturated carbocycles. The summed E-state index contributed by atoms with van der Waals surface area (Å²) in [5, 5.41) is 6.58. The fraction of sp³-hybridized carbons (Fsp3) is 0.263. The molecule has 5 heteroatoms. The summed E-state index contributed by atoms with van der Waals surface area (Å²) in [6.45, 7) is 5.77. The highest BCUT2D eigenvalue weighted by Gasteiger charge is 2.16. The third kappa shape index (κ3) is 5.35. The van der Waals surface area contributed by atoms with Crippen LogP contribution in [0.5, 0.6) is 0 Å². The Balaban J connectivity index is 1.86. The van der Waals surface area contributed by atoms with Crippen LogP contribution >= 0.6 is 11.3 Å². The molecular weight excluding hydrogens is 322 g/mol. The summed E-state index contributed by atoms with van der Waals surface area (Å²) in [5.41, 5.74) is 2.81. The van der Waals surface area contributed by atoms with Gasteiger partial charge in [0, 0.05) is 11.8 Å². The average Bonchev–Trinajstić information content (AvgIpc) is 3.06. The molecule has 0 bridgehead atoms. The molecule has 0 unspecified atom stereocenters. The molecule has 1 amide bonds. The number of nitrogens with one attached hydrogen (secondary N) is 1. The number of anilines is 1. The van der Waals surface area contributed by atoms with Gasteiger partial charge in [0.1, 0.15) is 0 Å². The SMILES string of the molecule is CC(C)c1ccc(NC(=O)[C@@H](C)OC(=O)/C=C/c2ccsc2)cc1. The lowest BCUT2D eigenvalue weighted by atomic mass is 10.0. The topological polar surface area (TPSA) is 55.4 Å². The van der Waals surface area contributed by atoms with Crippen LogP contribution in [0.15, 0.2) is 47.2 Å². The van der Waals surface area contributed by atoms with Crippen LogP contribution in [-0.4, -0.2) is 18.0 Å². The van der Waals surface area contributed by atoms with Crippen LogP contribution in [0, 0.1) is 0 Å². The molecule has 0 aliphatic rings. The molecule has 1 heterocycles. The Labute approximate surface area is 146 Å². The van der Waals surface area contributed by atoms with Crippen LogP contribution in [0.4, 0.5) is 5.69 Å². The van der Waals surface area contributed by atoms with Crippen molar-refractivity contribution in [2.75, 3.05) is 5.32 Å². The summed E-state index contributed by atoms with van der Waals surface area (Å²) in [7, 11) is 0. The minimum atomic E-state index is -0.866. The fourth-order valence-electron chi connectivity index (χ4n) is 2.00. The van der Waals surface area contributed by atoms with Crippen molar-refractivity contribution < 1.29 is 14.3 Å². The van der Waals surface area contributed by atoms with Crippen molar-refractivity contribution in [1.82, 2.24) is 0 Å². The molecular formula is C19H21NO3S. The van der Waals surface area contributed by atoms with Crippen molar-refractivity contribution in [2.24, 2.45) is 0 Å². The second kappa shape index (κ2) is 8.45. The van der Waals surface area contributed by atoms with E-state index in [1.807, 2.05) is 41.1 Å². The first-order valence-corrected chi connectivity index (χ1v) is 8.71. The lowest BCUT2D eigenvalue weighted by Crippen LogP contribution is -2.29. The lowest BCUT2D eigenvalue weighted by molar-refractivity contribution is -0.148. The van der Waals surface area contributed by atoms with E-state index in [9.17, 15) is 9.59 Å². The van der Waals surface area contributed by atoms with Gasteiger partial charge in [-0.2, -0.15) is 11.3 Å². The van der Waals surface area contributed by atoms with Crippen molar-refractivity contribution in [1.29, 1.82) is 0 Å². The monoisotopic (exact) mass is 343 g/mol. The molecule has 0 radical (unpaired) electrons. The van der Waals surface area contributed by atoms with Crippen molar-refractivity contribution in [2.45, 2.75) is 32.8 Å². The second-order valence-electron chi connectivity index (χ2n) is 5.74. The van der Waals surface area contributed by atoms with Gasteiger partial charge in [0.2, 0.25) is 0 Å². The minimum Gasteiger partial charge on any atom is -0.449 e. The van der Waals surface area contributed by atoms with Crippen LogP contribution in [0.25, 0.3) is 6.08 Å². The van der Waals surface area contributed by atoms with Crippen molar-refractivity contribution >= 4 is 35.0 Å². The molecule has 0 fully saturated rings. The predicted octanol–water partition coefficient (Wildman–Crippen LogP) is 4.46. The lowest BCUT2D eigenvalue weighted by Gasteiger charge is -2.13. The van der Waals surface area contributed by atoms with E-state index < -0.39 is 12.1 Å². The highest BCUT2D eigenvalue weighted by Crippen LogP contribution is 2.17. The van der Waals surface area contributed by atoms with Crippen LogP contribution in [0.2, 0.25) is 0 Å². The Morgan fingerprint density at radius 2 is 1.83 bits per heavy atom. The molecule has 1 atom stereocenters. The molecule has 0 aliphatic carbocycles. The molecule has 1 aromatic heterocycles. The average molecular weight is 343 g/mol. The summed E-state index contributed by atoms with van der Waals surface area (Å²) >= 11 is 1.55. The van der Waals surface area contributed by atoms with Gasteiger partial charge in [-0.05, 0) is 59.0 Å². The van der Waals surface area contributed by atoms with E-state index in [0.29, 0.717) is 11.6 Å². The molecule has 4 nitrogen and oxygen atoms in total. The maximum atomic E-state index is 12.1. The summed E-state index contributed by atoms with van der Waals surface area (Å²) in [6.07, 6.45) is 2.12. The van der Waals surface area contributed by atoms with Crippen LogP contribution in [-0.2, 0) is 14.3 Å². The van der Waals surface area contributed by atoms with Crippen molar-refractivity contribution in [3.05, 3.63) is 58.3 Å². The zero-order chi connectivity index (χ0) is 17.5.